The number of amides is 2. The van der Waals surface area contributed by atoms with Crippen LogP contribution in [0.15, 0.2) is 82.2 Å². The highest BCUT2D eigenvalue weighted by molar-refractivity contribution is 9.10. The highest BCUT2D eigenvalue weighted by Crippen LogP contribution is 2.33. The van der Waals surface area contributed by atoms with Crippen LogP contribution in [0, 0.1) is 0 Å². The van der Waals surface area contributed by atoms with Gasteiger partial charge in [0.15, 0.2) is 0 Å². The van der Waals surface area contributed by atoms with Crippen molar-refractivity contribution in [1.29, 1.82) is 0 Å². The van der Waals surface area contributed by atoms with Crippen LogP contribution >= 0.6 is 15.9 Å². The highest BCUT2D eigenvalue weighted by Gasteiger charge is 2.33. The number of benzene rings is 3. The summed E-state index contributed by atoms with van der Waals surface area (Å²) in [7, 11) is -1.32. The van der Waals surface area contributed by atoms with E-state index in [0.29, 0.717) is 12.3 Å². The van der Waals surface area contributed by atoms with E-state index in [1.54, 1.807) is 31.2 Å². The van der Waals surface area contributed by atoms with E-state index in [1.807, 2.05) is 31.2 Å². The molecular weight excluding hydrogens is 598 g/mol. The van der Waals surface area contributed by atoms with Gasteiger partial charge in [-0.15, -0.1) is 0 Å². The van der Waals surface area contributed by atoms with Crippen molar-refractivity contribution in [1.82, 2.24) is 10.2 Å². The van der Waals surface area contributed by atoms with Gasteiger partial charge in [0.25, 0.3) is 10.0 Å². The van der Waals surface area contributed by atoms with Gasteiger partial charge in [0.05, 0.1) is 24.8 Å². The third kappa shape index (κ3) is 7.54. The van der Waals surface area contributed by atoms with E-state index in [2.05, 4.69) is 21.2 Å². The van der Waals surface area contributed by atoms with E-state index in [-0.39, 0.29) is 28.8 Å². The maximum Gasteiger partial charge on any atom is 0.264 e. The smallest absolute Gasteiger partial charge is 0.264 e. The van der Waals surface area contributed by atoms with Gasteiger partial charge in [0, 0.05) is 17.6 Å². The summed E-state index contributed by atoms with van der Waals surface area (Å²) >= 11 is 3.41. The number of anilines is 1. The van der Waals surface area contributed by atoms with Crippen molar-refractivity contribution in [2.75, 3.05) is 31.6 Å². The van der Waals surface area contributed by atoms with Gasteiger partial charge in [-0.1, -0.05) is 47.1 Å². The Morgan fingerprint density at radius 3 is 2.20 bits per heavy atom. The summed E-state index contributed by atoms with van der Waals surface area (Å²) in [5.74, 6) is -0.105. The Morgan fingerprint density at radius 1 is 0.950 bits per heavy atom. The summed E-state index contributed by atoms with van der Waals surface area (Å²) in [6.45, 7) is 3.58. The molecule has 11 heteroatoms. The number of sulfonamides is 1. The summed E-state index contributed by atoms with van der Waals surface area (Å²) in [6, 6.07) is 19.0. The minimum atomic E-state index is -4.24. The van der Waals surface area contributed by atoms with Crippen LogP contribution in [0.3, 0.4) is 0 Å². The zero-order valence-electron chi connectivity index (χ0n) is 23.0. The molecule has 3 rings (SSSR count). The average molecular weight is 633 g/mol. The van der Waals surface area contributed by atoms with Gasteiger partial charge in [-0.3, -0.25) is 13.9 Å². The molecule has 0 saturated carbocycles. The van der Waals surface area contributed by atoms with Gasteiger partial charge < -0.3 is 19.7 Å². The number of hydrogen-bond acceptors (Lipinski definition) is 6. The predicted octanol–water partition coefficient (Wildman–Crippen LogP) is 4.61. The molecule has 1 atom stereocenters. The van der Waals surface area contributed by atoms with Crippen LogP contribution in [0.25, 0.3) is 0 Å². The lowest BCUT2D eigenvalue weighted by Gasteiger charge is -2.32. The second kappa shape index (κ2) is 14.2. The first kappa shape index (κ1) is 31.0. The number of methoxy groups -OCH3 is 2. The Hall–Kier alpha value is -3.57. The van der Waals surface area contributed by atoms with Crippen molar-refractivity contribution < 1.29 is 27.5 Å². The first-order valence-corrected chi connectivity index (χ1v) is 15.0. The Kier molecular flexibility index (Phi) is 11.0. The number of carbonyl (C=O) groups is 2. The van der Waals surface area contributed by atoms with Gasteiger partial charge in [-0.05, 0) is 67.4 Å². The Morgan fingerprint density at radius 2 is 1.60 bits per heavy atom. The number of hydrogen-bond donors (Lipinski definition) is 1. The molecule has 0 aliphatic carbocycles. The van der Waals surface area contributed by atoms with Crippen LogP contribution in [0.4, 0.5) is 5.69 Å². The maximum atomic E-state index is 14.0. The summed E-state index contributed by atoms with van der Waals surface area (Å²) in [4.78, 5) is 28.3. The average Bonchev–Trinajstić information content (AvgIpc) is 2.97. The number of rotatable bonds is 13. The van der Waals surface area contributed by atoms with Crippen LogP contribution in [-0.2, 0) is 26.2 Å². The molecule has 0 bridgehead atoms. The number of nitrogens with zero attached hydrogens (tertiary/aromatic N) is 2. The third-order valence-electron chi connectivity index (χ3n) is 6.26. The van der Waals surface area contributed by atoms with Crippen LogP contribution in [0.1, 0.15) is 25.8 Å². The minimum Gasteiger partial charge on any atom is -0.497 e. The third-order valence-corrected chi connectivity index (χ3v) is 8.57. The van der Waals surface area contributed by atoms with Gasteiger partial charge in [0.2, 0.25) is 11.8 Å². The molecule has 1 N–H and O–H groups in total. The molecule has 0 radical (unpaired) electrons. The van der Waals surface area contributed by atoms with Crippen molar-refractivity contribution in [2.24, 2.45) is 0 Å². The molecule has 2 amide bonds. The molecule has 0 aliphatic rings. The van der Waals surface area contributed by atoms with Gasteiger partial charge >= 0.3 is 0 Å². The van der Waals surface area contributed by atoms with Gasteiger partial charge in [0.1, 0.15) is 24.1 Å². The molecule has 0 spiro atoms. The molecule has 9 nitrogen and oxygen atoms in total. The fraction of sp³-hybridized carbons (Fsp3) is 0.310. The Balaban J connectivity index is 2.05. The highest BCUT2D eigenvalue weighted by atomic mass is 79.9. The fourth-order valence-electron chi connectivity index (χ4n) is 3.99. The Bertz CT molecular complexity index is 1400. The summed E-state index contributed by atoms with van der Waals surface area (Å²) in [5.41, 5.74) is 0.981. The van der Waals surface area contributed by atoms with E-state index in [0.717, 1.165) is 20.8 Å². The van der Waals surface area contributed by atoms with Gasteiger partial charge in [-0.25, -0.2) is 8.42 Å². The number of ether oxygens (including phenoxy) is 2. The normalized spacial score (nSPS) is 11.8. The lowest BCUT2D eigenvalue weighted by atomic mass is 10.1. The predicted molar refractivity (Wildman–Crippen MR) is 158 cm³/mol. The second-order valence-electron chi connectivity index (χ2n) is 8.97. The molecule has 214 valence electrons. The molecule has 0 heterocycles. The lowest BCUT2D eigenvalue weighted by molar-refractivity contribution is -0.139. The molecule has 0 unspecified atom stereocenters. The molecule has 0 fully saturated rings. The van der Waals surface area contributed by atoms with E-state index in [1.165, 1.54) is 43.4 Å². The Labute approximate surface area is 244 Å². The van der Waals surface area contributed by atoms with E-state index in [4.69, 9.17) is 9.47 Å². The topological polar surface area (TPSA) is 105 Å². The zero-order valence-corrected chi connectivity index (χ0v) is 25.4. The molecule has 0 aromatic heterocycles. The van der Waals surface area contributed by atoms with Crippen LogP contribution in [0.5, 0.6) is 11.5 Å². The van der Waals surface area contributed by atoms with Crippen molar-refractivity contribution in [3.05, 3.63) is 82.8 Å². The second-order valence-corrected chi connectivity index (χ2v) is 11.8. The summed E-state index contributed by atoms with van der Waals surface area (Å²) in [6.07, 6.45) is 0.737. The molecule has 3 aromatic carbocycles. The molecule has 3 aromatic rings. The summed E-state index contributed by atoms with van der Waals surface area (Å²) in [5, 5.41) is 2.83. The van der Waals surface area contributed by atoms with E-state index < -0.39 is 28.5 Å². The quantitative estimate of drug-likeness (QED) is 0.295. The van der Waals surface area contributed by atoms with Crippen LogP contribution in [0.2, 0.25) is 0 Å². The zero-order chi connectivity index (χ0) is 29.3. The number of nitrogens with one attached hydrogen (secondary N) is 1. The molecular formula is C29H34BrN3O6S. The largest absolute Gasteiger partial charge is 0.497 e. The first-order valence-electron chi connectivity index (χ1n) is 12.7. The van der Waals surface area contributed by atoms with E-state index >= 15 is 0 Å². The monoisotopic (exact) mass is 631 g/mol. The van der Waals surface area contributed by atoms with Crippen molar-refractivity contribution in [2.45, 2.75) is 37.8 Å². The van der Waals surface area contributed by atoms with Crippen LogP contribution in [-0.4, -0.2) is 58.5 Å². The van der Waals surface area contributed by atoms with E-state index in [9.17, 15) is 18.0 Å². The molecule has 40 heavy (non-hydrogen) atoms. The minimum absolute atomic E-state index is 0.0276. The van der Waals surface area contributed by atoms with Crippen LogP contribution < -0.4 is 19.1 Å². The molecule has 0 aliphatic heterocycles. The number of halogens is 1. The van der Waals surface area contributed by atoms with Crippen molar-refractivity contribution in [3.8, 4) is 11.5 Å². The van der Waals surface area contributed by atoms with Crippen molar-refractivity contribution in [3.63, 3.8) is 0 Å². The number of carbonyl (C=O) groups excluding carboxylic acids is 2. The first-order chi connectivity index (χ1) is 19.1. The maximum absolute atomic E-state index is 14.0. The fourth-order valence-corrected chi connectivity index (χ4v) is 5.68. The lowest BCUT2D eigenvalue weighted by Crippen LogP contribution is -2.51. The SMILES string of the molecule is CCCNC(=O)[C@@H](C)N(Cc1ccc(Br)cc1)C(=O)CN(c1ccccc1OC)S(=O)(=O)c1ccc(OC)cc1. The summed E-state index contributed by atoms with van der Waals surface area (Å²) < 4.78 is 40.5. The van der Waals surface area contributed by atoms with Crippen molar-refractivity contribution >= 4 is 43.5 Å². The number of para-hydroxylation sites is 2. The standard InChI is InChI=1S/C29H34BrN3O6S/c1-5-18-31-29(35)21(2)32(19-22-10-12-23(30)13-11-22)28(34)20-33(26-8-6-7-9-27(26)39-4)40(36,37)25-16-14-24(38-3)15-17-25/h6-17,21H,5,18-20H2,1-4H3,(H,31,35)/t21-/m1/s1. The van der Waals surface area contributed by atoms with Gasteiger partial charge in [-0.2, -0.15) is 0 Å². The molecule has 0 saturated heterocycles.